The third kappa shape index (κ3) is 4.09. The standard InChI is InChI=1S/C18H21F3N2O2S/c1-11-16(9-23-8-15(25-2)7-14(23)10-24)26-17(22-11)12-3-5-13(6-4-12)18(19,20)21/h3-6,14-15,24H,7-10H2,1-2H3/t14-,15-/m0/s1. The molecule has 0 aliphatic carbocycles. The third-order valence-electron chi connectivity index (χ3n) is 4.73. The number of alkyl halides is 3. The fourth-order valence-electron chi connectivity index (χ4n) is 3.18. The Balaban J connectivity index is 1.77. The van der Waals surface area contributed by atoms with Crippen molar-refractivity contribution in [2.75, 3.05) is 20.3 Å². The monoisotopic (exact) mass is 386 g/mol. The van der Waals surface area contributed by atoms with Crippen LogP contribution in [0.25, 0.3) is 10.6 Å². The molecule has 0 bridgehead atoms. The maximum absolute atomic E-state index is 12.7. The van der Waals surface area contributed by atoms with E-state index in [2.05, 4.69) is 9.88 Å². The minimum absolute atomic E-state index is 0.0518. The Morgan fingerprint density at radius 3 is 2.58 bits per heavy atom. The number of benzene rings is 1. The van der Waals surface area contributed by atoms with Crippen LogP contribution in [0.3, 0.4) is 0 Å². The molecule has 0 amide bonds. The zero-order chi connectivity index (χ0) is 18.9. The van der Waals surface area contributed by atoms with Gasteiger partial charge in [0.25, 0.3) is 0 Å². The van der Waals surface area contributed by atoms with E-state index in [1.807, 2.05) is 6.92 Å². The van der Waals surface area contributed by atoms with Crippen LogP contribution in [-0.4, -0.2) is 47.4 Å². The van der Waals surface area contributed by atoms with Crippen molar-refractivity contribution in [2.24, 2.45) is 0 Å². The first-order valence-electron chi connectivity index (χ1n) is 8.33. The summed E-state index contributed by atoms with van der Waals surface area (Å²) in [5, 5.41) is 10.3. The van der Waals surface area contributed by atoms with Crippen molar-refractivity contribution in [3.05, 3.63) is 40.4 Å². The molecule has 3 rings (SSSR count). The fourth-order valence-corrected chi connectivity index (χ4v) is 4.27. The number of likely N-dealkylation sites (tertiary alicyclic amines) is 1. The van der Waals surface area contributed by atoms with E-state index in [0.717, 1.165) is 35.7 Å². The number of aliphatic hydroxyl groups is 1. The molecule has 1 saturated heterocycles. The summed E-state index contributed by atoms with van der Waals surface area (Å²) in [6.07, 6.45) is -3.44. The lowest BCUT2D eigenvalue weighted by atomic mass is 10.1. The van der Waals surface area contributed by atoms with Gasteiger partial charge >= 0.3 is 6.18 Å². The van der Waals surface area contributed by atoms with Crippen molar-refractivity contribution in [3.8, 4) is 10.6 Å². The second-order valence-corrected chi connectivity index (χ2v) is 7.55. The summed E-state index contributed by atoms with van der Waals surface area (Å²) in [6, 6.07) is 5.13. The minimum Gasteiger partial charge on any atom is -0.395 e. The van der Waals surface area contributed by atoms with Crippen molar-refractivity contribution in [1.82, 2.24) is 9.88 Å². The lowest BCUT2D eigenvalue weighted by Gasteiger charge is -2.21. The van der Waals surface area contributed by atoms with Gasteiger partial charge in [-0.15, -0.1) is 11.3 Å². The number of halogens is 3. The molecule has 1 fully saturated rings. The van der Waals surface area contributed by atoms with Gasteiger partial charge in [-0.3, -0.25) is 4.90 Å². The van der Waals surface area contributed by atoms with Crippen LogP contribution in [0, 0.1) is 6.92 Å². The number of hydrogen-bond acceptors (Lipinski definition) is 5. The van der Waals surface area contributed by atoms with Gasteiger partial charge in [-0.25, -0.2) is 4.98 Å². The number of aromatic nitrogens is 1. The second-order valence-electron chi connectivity index (χ2n) is 6.46. The highest BCUT2D eigenvalue weighted by atomic mass is 32.1. The first-order valence-corrected chi connectivity index (χ1v) is 9.15. The smallest absolute Gasteiger partial charge is 0.395 e. The largest absolute Gasteiger partial charge is 0.416 e. The zero-order valence-electron chi connectivity index (χ0n) is 14.6. The SMILES string of the molecule is CO[C@H]1C[C@@H](CO)N(Cc2sc(-c3ccc(C(F)(F)F)cc3)nc2C)C1. The van der Waals surface area contributed by atoms with E-state index >= 15 is 0 Å². The highest BCUT2D eigenvalue weighted by Gasteiger charge is 2.32. The third-order valence-corrected chi connectivity index (χ3v) is 5.92. The first-order chi connectivity index (χ1) is 12.3. The Morgan fingerprint density at radius 1 is 1.31 bits per heavy atom. The summed E-state index contributed by atoms with van der Waals surface area (Å²) in [6.45, 7) is 3.37. The molecule has 8 heteroatoms. The number of rotatable bonds is 5. The molecular weight excluding hydrogens is 365 g/mol. The Morgan fingerprint density at radius 2 is 2.00 bits per heavy atom. The van der Waals surface area contributed by atoms with Crippen molar-refractivity contribution < 1.29 is 23.0 Å². The lowest BCUT2D eigenvalue weighted by Crippen LogP contribution is -2.31. The molecule has 1 aromatic carbocycles. The Labute approximate surface area is 154 Å². The Hall–Kier alpha value is -1.48. The maximum Gasteiger partial charge on any atom is 0.416 e. The quantitative estimate of drug-likeness (QED) is 0.851. The van der Waals surface area contributed by atoms with Gasteiger partial charge in [0.2, 0.25) is 0 Å². The summed E-state index contributed by atoms with van der Waals surface area (Å²) in [7, 11) is 1.67. The van der Waals surface area contributed by atoms with Gasteiger partial charge < -0.3 is 9.84 Å². The minimum atomic E-state index is -4.34. The van der Waals surface area contributed by atoms with Crippen LogP contribution in [0.5, 0.6) is 0 Å². The number of aryl methyl sites for hydroxylation is 1. The number of methoxy groups -OCH3 is 1. The normalized spacial score (nSPS) is 21.5. The molecule has 26 heavy (non-hydrogen) atoms. The summed E-state index contributed by atoms with van der Waals surface area (Å²) < 4.78 is 43.5. The van der Waals surface area contributed by atoms with Gasteiger partial charge in [0.1, 0.15) is 5.01 Å². The molecule has 1 aliphatic rings. The average Bonchev–Trinajstić information content (AvgIpc) is 3.18. The van der Waals surface area contributed by atoms with E-state index in [0.29, 0.717) is 17.1 Å². The highest BCUT2D eigenvalue weighted by molar-refractivity contribution is 7.15. The molecule has 2 heterocycles. The number of ether oxygens (including phenoxy) is 1. The molecule has 0 radical (unpaired) electrons. The van der Waals surface area contributed by atoms with E-state index in [-0.39, 0.29) is 18.8 Å². The molecule has 0 saturated carbocycles. The summed E-state index contributed by atoms with van der Waals surface area (Å²) in [4.78, 5) is 7.74. The number of hydrogen-bond donors (Lipinski definition) is 1. The molecule has 4 nitrogen and oxygen atoms in total. The predicted octanol–water partition coefficient (Wildman–Crippen LogP) is 3.72. The maximum atomic E-state index is 12.7. The van der Waals surface area contributed by atoms with Crippen LogP contribution < -0.4 is 0 Å². The van der Waals surface area contributed by atoms with Crippen LogP contribution in [0.1, 0.15) is 22.6 Å². The lowest BCUT2D eigenvalue weighted by molar-refractivity contribution is -0.137. The molecule has 2 atom stereocenters. The van der Waals surface area contributed by atoms with Gasteiger partial charge in [0, 0.05) is 36.7 Å². The second kappa shape index (κ2) is 7.64. The Bertz CT molecular complexity index is 746. The van der Waals surface area contributed by atoms with E-state index < -0.39 is 11.7 Å². The van der Waals surface area contributed by atoms with E-state index in [4.69, 9.17) is 4.74 Å². The van der Waals surface area contributed by atoms with Crippen molar-refractivity contribution in [1.29, 1.82) is 0 Å². The molecule has 0 unspecified atom stereocenters. The van der Waals surface area contributed by atoms with Gasteiger partial charge in [0.15, 0.2) is 0 Å². The fraction of sp³-hybridized carbons (Fsp3) is 0.500. The molecule has 2 aromatic rings. The molecular formula is C18H21F3N2O2S. The number of nitrogens with zero attached hydrogens (tertiary/aromatic N) is 2. The average molecular weight is 386 g/mol. The van der Waals surface area contributed by atoms with Crippen LogP contribution in [0.15, 0.2) is 24.3 Å². The Kier molecular flexibility index (Phi) is 5.67. The summed E-state index contributed by atoms with van der Waals surface area (Å²) in [5.74, 6) is 0. The van der Waals surface area contributed by atoms with Gasteiger partial charge in [-0.05, 0) is 25.5 Å². The first kappa shape index (κ1) is 19.3. The predicted molar refractivity (Wildman–Crippen MR) is 94.0 cm³/mol. The topological polar surface area (TPSA) is 45.6 Å². The van der Waals surface area contributed by atoms with E-state index in [1.54, 1.807) is 7.11 Å². The van der Waals surface area contributed by atoms with Crippen LogP contribution in [0.2, 0.25) is 0 Å². The van der Waals surface area contributed by atoms with Crippen LogP contribution >= 0.6 is 11.3 Å². The van der Waals surface area contributed by atoms with Crippen molar-refractivity contribution in [3.63, 3.8) is 0 Å². The van der Waals surface area contributed by atoms with Gasteiger partial charge in [-0.2, -0.15) is 13.2 Å². The van der Waals surface area contributed by atoms with Crippen LogP contribution in [-0.2, 0) is 17.5 Å². The summed E-state index contributed by atoms with van der Waals surface area (Å²) >= 11 is 1.48. The highest BCUT2D eigenvalue weighted by Crippen LogP contribution is 2.34. The molecule has 0 spiro atoms. The molecule has 1 N–H and O–H groups in total. The summed E-state index contributed by atoms with van der Waals surface area (Å²) in [5.41, 5.74) is 0.873. The van der Waals surface area contributed by atoms with Crippen molar-refractivity contribution >= 4 is 11.3 Å². The van der Waals surface area contributed by atoms with Crippen molar-refractivity contribution in [2.45, 2.75) is 38.2 Å². The number of thiazole rings is 1. The van der Waals surface area contributed by atoms with E-state index in [9.17, 15) is 18.3 Å². The number of aliphatic hydroxyl groups excluding tert-OH is 1. The van der Waals surface area contributed by atoms with Gasteiger partial charge in [0.05, 0.1) is 24.0 Å². The van der Waals surface area contributed by atoms with Crippen LogP contribution in [0.4, 0.5) is 13.2 Å². The molecule has 1 aromatic heterocycles. The van der Waals surface area contributed by atoms with E-state index in [1.165, 1.54) is 23.5 Å². The molecule has 1 aliphatic heterocycles. The molecule has 142 valence electrons. The zero-order valence-corrected chi connectivity index (χ0v) is 15.4. The van der Waals surface area contributed by atoms with Gasteiger partial charge in [-0.1, -0.05) is 12.1 Å².